The monoisotopic (exact) mass is 326 g/mol. The maximum Gasteiger partial charge on any atom is 0.281 e. The lowest BCUT2D eigenvalue weighted by atomic mass is 10.1. The first kappa shape index (κ1) is 19.0. The Balaban J connectivity index is 2.95. The molecule has 0 spiro atoms. The van der Waals surface area contributed by atoms with E-state index in [0.29, 0.717) is 12.1 Å². The van der Waals surface area contributed by atoms with Crippen LogP contribution in [0.1, 0.15) is 44.2 Å². The van der Waals surface area contributed by atoms with Gasteiger partial charge in [-0.15, -0.1) is 0 Å². The number of halogens is 1. The number of hydrogen-bond donors (Lipinski definition) is 1. The molecule has 0 aliphatic heterocycles. The Morgan fingerprint density at radius 2 is 1.86 bits per heavy atom. The van der Waals surface area contributed by atoms with Crippen molar-refractivity contribution in [2.45, 2.75) is 53.0 Å². The van der Waals surface area contributed by atoms with E-state index in [1.165, 1.54) is 12.1 Å². The predicted octanol–water partition coefficient (Wildman–Crippen LogP) is 3.87. The molecule has 1 rings (SSSR count). The van der Waals surface area contributed by atoms with Crippen LogP contribution in [0.5, 0.6) is 0 Å². The SMILES string of the molecule is CCCC[N+](C)([S-])C(CC)C(=O)Nc1c(C)cc(F)cc1C. The van der Waals surface area contributed by atoms with Crippen molar-refractivity contribution in [3.63, 3.8) is 0 Å². The number of unbranched alkanes of at least 4 members (excludes halogenated alkanes) is 1. The Bertz CT molecular complexity index is 508. The molecule has 5 heteroatoms. The Morgan fingerprint density at radius 3 is 2.32 bits per heavy atom. The summed E-state index contributed by atoms with van der Waals surface area (Å²) in [5.41, 5.74) is 2.15. The second-order valence-corrected chi connectivity index (χ2v) is 6.91. The van der Waals surface area contributed by atoms with E-state index in [-0.39, 0.29) is 21.7 Å². The second-order valence-electron chi connectivity index (χ2n) is 6.08. The normalized spacial score (nSPS) is 15.2. The molecule has 2 atom stereocenters. The highest BCUT2D eigenvalue weighted by atomic mass is 32.1. The van der Waals surface area contributed by atoms with Crippen LogP contribution in [0, 0.1) is 19.7 Å². The molecule has 0 heterocycles. The Kier molecular flexibility index (Phi) is 6.88. The minimum atomic E-state index is -0.287. The molecule has 0 fully saturated rings. The minimum absolute atomic E-state index is 0.0890. The highest BCUT2D eigenvalue weighted by Crippen LogP contribution is 2.23. The van der Waals surface area contributed by atoms with Crippen molar-refractivity contribution in [1.29, 1.82) is 0 Å². The van der Waals surface area contributed by atoms with Crippen LogP contribution in [0.4, 0.5) is 10.1 Å². The van der Waals surface area contributed by atoms with Crippen molar-refractivity contribution in [3.05, 3.63) is 29.1 Å². The molecule has 22 heavy (non-hydrogen) atoms. The summed E-state index contributed by atoms with van der Waals surface area (Å²) in [6, 6.07) is 2.58. The fourth-order valence-electron chi connectivity index (χ4n) is 2.76. The third-order valence-corrected chi connectivity index (χ3v) is 4.49. The summed E-state index contributed by atoms with van der Waals surface area (Å²) in [6.07, 6.45) is 2.73. The van der Waals surface area contributed by atoms with E-state index < -0.39 is 0 Å². The van der Waals surface area contributed by atoms with Gasteiger partial charge < -0.3 is 22.0 Å². The van der Waals surface area contributed by atoms with Gasteiger partial charge in [0.05, 0.1) is 13.6 Å². The van der Waals surface area contributed by atoms with Crippen molar-refractivity contribution in [1.82, 2.24) is 0 Å². The largest absolute Gasteiger partial charge is 0.494 e. The average Bonchev–Trinajstić information content (AvgIpc) is 2.41. The van der Waals surface area contributed by atoms with Gasteiger partial charge in [-0.3, -0.25) is 4.79 Å². The maximum atomic E-state index is 13.4. The molecule has 1 amide bonds. The van der Waals surface area contributed by atoms with Gasteiger partial charge in [-0.2, -0.15) is 0 Å². The Labute approximate surface area is 139 Å². The molecular formula is C17H27FN2OS. The number of anilines is 1. The van der Waals surface area contributed by atoms with Gasteiger partial charge in [-0.25, -0.2) is 4.39 Å². The summed E-state index contributed by atoms with van der Waals surface area (Å²) in [5.74, 6) is -0.374. The molecule has 2 unspecified atom stereocenters. The van der Waals surface area contributed by atoms with Crippen molar-refractivity contribution in [3.8, 4) is 0 Å². The lowest BCUT2D eigenvalue weighted by Gasteiger charge is -2.46. The summed E-state index contributed by atoms with van der Waals surface area (Å²) in [4.78, 5) is 12.7. The molecule has 1 N–H and O–H groups in total. The number of quaternary nitrogens is 1. The molecule has 3 nitrogen and oxygen atoms in total. The molecule has 0 aliphatic carbocycles. The van der Waals surface area contributed by atoms with E-state index in [4.69, 9.17) is 12.8 Å². The number of nitrogens with one attached hydrogen (secondary N) is 1. The van der Waals surface area contributed by atoms with Crippen LogP contribution in [0.3, 0.4) is 0 Å². The van der Waals surface area contributed by atoms with Gasteiger partial charge >= 0.3 is 0 Å². The molecule has 124 valence electrons. The number of amides is 1. The molecule has 0 saturated carbocycles. The number of aryl methyl sites for hydroxylation is 2. The molecule has 1 aromatic rings. The smallest absolute Gasteiger partial charge is 0.281 e. The van der Waals surface area contributed by atoms with E-state index in [1.54, 1.807) is 13.8 Å². The van der Waals surface area contributed by atoms with Crippen molar-refractivity contribution < 1.29 is 13.1 Å². The van der Waals surface area contributed by atoms with Crippen molar-refractivity contribution in [2.24, 2.45) is 0 Å². The average molecular weight is 326 g/mol. The van der Waals surface area contributed by atoms with Crippen LogP contribution < -0.4 is 5.32 Å². The number of hydrogen-bond acceptors (Lipinski definition) is 2. The van der Waals surface area contributed by atoms with Crippen LogP contribution in [0.2, 0.25) is 0 Å². The number of carbonyl (C=O) groups is 1. The van der Waals surface area contributed by atoms with Crippen LogP contribution in [0.15, 0.2) is 12.1 Å². The number of nitrogens with zero attached hydrogens (tertiary/aromatic N) is 1. The van der Waals surface area contributed by atoms with E-state index in [9.17, 15) is 9.18 Å². The first-order chi connectivity index (χ1) is 10.2. The summed E-state index contributed by atoms with van der Waals surface area (Å²) in [6.45, 7) is 8.47. The van der Waals surface area contributed by atoms with Gasteiger partial charge in [0.25, 0.3) is 5.91 Å². The second kappa shape index (κ2) is 7.97. The summed E-state index contributed by atoms with van der Waals surface area (Å²) >= 11 is 5.63. The zero-order valence-electron chi connectivity index (χ0n) is 14.2. The van der Waals surface area contributed by atoms with E-state index in [2.05, 4.69) is 12.2 Å². The van der Waals surface area contributed by atoms with E-state index >= 15 is 0 Å². The predicted molar refractivity (Wildman–Crippen MR) is 91.9 cm³/mol. The van der Waals surface area contributed by atoms with Crippen molar-refractivity contribution >= 4 is 24.4 Å². The zero-order chi connectivity index (χ0) is 16.9. The van der Waals surface area contributed by atoms with Gasteiger partial charge in [-0.1, -0.05) is 20.3 Å². The third kappa shape index (κ3) is 4.71. The van der Waals surface area contributed by atoms with Gasteiger partial charge in [0.2, 0.25) is 0 Å². The van der Waals surface area contributed by atoms with Gasteiger partial charge in [0.1, 0.15) is 5.82 Å². The Hall–Kier alpha value is -1.07. The fraction of sp³-hybridized carbons (Fsp3) is 0.588. The number of rotatable bonds is 7. The third-order valence-electron chi connectivity index (χ3n) is 4.05. The van der Waals surface area contributed by atoms with Gasteiger partial charge in [0.15, 0.2) is 6.04 Å². The summed E-state index contributed by atoms with van der Waals surface area (Å²) < 4.78 is 13.6. The lowest BCUT2D eigenvalue weighted by molar-refractivity contribution is -0.791. The van der Waals surface area contributed by atoms with E-state index in [1.807, 2.05) is 14.0 Å². The zero-order valence-corrected chi connectivity index (χ0v) is 15.0. The van der Waals surface area contributed by atoms with Gasteiger partial charge in [-0.05, 0) is 43.5 Å². The minimum Gasteiger partial charge on any atom is -0.494 e. The summed E-state index contributed by atoms with van der Waals surface area (Å²) in [7, 11) is 1.92. The topological polar surface area (TPSA) is 29.1 Å². The molecular weight excluding hydrogens is 299 g/mol. The molecule has 0 radical (unpaired) electrons. The molecule has 0 saturated heterocycles. The number of likely N-dealkylation sites (N-methyl/N-ethyl adjacent to an activating group) is 1. The molecule has 0 aliphatic rings. The number of carbonyl (C=O) groups excluding carboxylic acids is 1. The first-order valence-corrected chi connectivity index (χ1v) is 8.23. The van der Waals surface area contributed by atoms with Crippen molar-refractivity contribution in [2.75, 3.05) is 18.9 Å². The Morgan fingerprint density at radius 1 is 1.32 bits per heavy atom. The number of benzene rings is 1. The summed E-state index contributed by atoms with van der Waals surface area (Å²) in [5, 5.41) is 2.95. The van der Waals surface area contributed by atoms with E-state index in [0.717, 1.165) is 30.5 Å². The first-order valence-electron chi connectivity index (χ1n) is 7.86. The maximum absolute atomic E-state index is 13.4. The van der Waals surface area contributed by atoms with Crippen LogP contribution in [0.25, 0.3) is 0 Å². The van der Waals surface area contributed by atoms with Crippen LogP contribution in [-0.2, 0) is 17.6 Å². The molecule has 1 aromatic carbocycles. The van der Waals surface area contributed by atoms with Crippen LogP contribution >= 0.6 is 0 Å². The lowest BCUT2D eigenvalue weighted by Crippen LogP contribution is -2.53. The molecule has 0 aromatic heterocycles. The quantitative estimate of drug-likeness (QED) is 0.609. The molecule has 0 bridgehead atoms. The highest BCUT2D eigenvalue weighted by molar-refractivity contribution is 7.52. The fourth-order valence-corrected chi connectivity index (χ4v) is 3.14. The standard InChI is InChI=1S/C17H27FN2OS/c1-6-8-9-20(5,22)15(7-2)17(21)19-16-12(3)10-14(18)11-13(16)4/h10-11,15H,6-9H2,1-5H3,(H,19,21). The van der Waals surface area contributed by atoms with Gasteiger partial charge in [0, 0.05) is 12.1 Å². The highest BCUT2D eigenvalue weighted by Gasteiger charge is 2.28. The van der Waals surface area contributed by atoms with Crippen LogP contribution in [-0.4, -0.2) is 29.4 Å².